The summed E-state index contributed by atoms with van der Waals surface area (Å²) >= 11 is 4.82. The molecule has 66 valence electrons. The highest BCUT2D eigenvalue weighted by Crippen LogP contribution is 1.98. The molecule has 0 aliphatic rings. The fourth-order valence-electron chi connectivity index (χ4n) is 0.972. The number of nitrogens with zero attached hydrogens (tertiary/aromatic N) is 1. The zero-order valence-corrected chi connectivity index (χ0v) is 7.07. The zero-order chi connectivity index (χ0) is 9.42. The lowest BCUT2D eigenvalue weighted by Crippen LogP contribution is -2.15. The van der Waals surface area contributed by atoms with Crippen molar-refractivity contribution >= 4 is 23.4 Å². The fourth-order valence-corrected chi connectivity index (χ4v) is 1.22. The van der Waals surface area contributed by atoms with Crippen LogP contribution in [0.2, 0.25) is 0 Å². The van der Waals surface area contributed by atoms with Crippen LogP contribution < -0.4 is 11.2 Å². The van der Waals surface area contributed by atoms with Crippen molar-refractivity contribution in [2.45, 2.75) is 0 Å². The normalized spacial score (nSPS) is 10.5. The number of rotatable bonds is 0. The number of aromatic amines is 3. The third kappa shape index (κ3) is 1.29. The number of hydrogen-bond acceptors (Lipinski definition) is 4. The molecule has 0 aliphatic carbocycles. The van der Waals surface area contributed by atoms with E-state index in [0.29, 0.717) is 5.52 Å². The topological polar surface area (TPSA) is 94.4 Å². The van der Waals surface area contributed by atoms with Gasteiger partial charge >= 0.3 is 5.69 Å². The van der Waals surface area contributed by atoms with Gasteiger partial charge in [-0.1, -0.05) is 12.2 Å². The van der Waals surface area contributed by atoms with E-state index in [1.807, 2.05) is 0 Å². The predicted octanol–water partition coefficient (Wildman–Crippen LogP) is -0.331. The monoisotopic (exact) mass is 196 g/mol. The van der Waals surface area contributed by atoms with Crippen LogP contribution in [0, 0.1) is 4.64 Å². The van der Waals surface area contributed by atoms with Crippen LogP contribution in [0.3, 0.4) is 0 Å². The Morgan fingerprint density at radius 1 is 1.23 bits per heavy atom. The Kier molecular flexibility index (Phi) is 1.59. The van der Waals surface area contributed by atoms with Crippen LogP contribution in [0.25, 0.3) is 11.2 Å². The first kappa shape index (κ1) is 7.87. The molecule has 0 unspecified atom stereocenters. The zero-order valence-electron chi connectivity index (χ0n) is 6.25. The van der Waals surface area contributed by atoms with Crippen molar-refractivity contribution in [3.05, 3.63) is 31.7 Å². The van der Waals surface area contributed by atoms with E-state index < -0.39 is 5.69 Å². The molecular formula is C6H4N4O2S. The minimum Gasteiger partial charge on any atom is -0.305 e. The van der Waals surface area contributed by atoms with Crippen LogP contribution in [-0.2, 0) is 0 Å². The van der Waals surface area contributed by atoms with Crippen LogP contribution in [-0.4, -0.2) is 19.9 Å². The number of nitrogens with one attached hydrogen (secondary N) is 3. The van der Waals surface area contributed by atoms with Gasteiger partial charge < -0.3 is 4.98 Å². The molecule has 2 aromatic rings. The van der Waals surface area contributed by atoms with E-state index in [4.69, 9.17) is 12.2 Å². The number of aromatic nitrogens is 4. The van der Waals surface area contributed by atoms with Gasteiger partial charge in [-0.05, 0) is 0 Å². The van der Waals surface area contributed by atoms with Gasteiger partial charge in [-0.15, -0.1) is 0 Å². The second-order valence-electron chi connectivity index (χ2n) is 2.38. The summed E-state index contributed by atoms with van der Waals surface area (Å²) in [7, 11) is 0. The predicted molar refractivity (Wildman–Crippen MR) is 48.2 cm³/mol. The van der Waals surface area contributed by atoms with Gasteiger partial charge in [0.2, 0.25) is 0 Å². The molecule has 0 aromatic carbocycles. The summed E-state index contributed by atoms with van der Waals surface area (Å²) < 4.78 is 0.204. The van der Waals surface area contributed by atoms with Crippen molar-refractivity contribution in [3.63, 3.8) is 0 Å². The van der Waals surface area contributed by atoms with Crippen LogP contribution in [0.4, 0.5) is 0 Å². The van der Waals surface area contributed by atoms with Crippen molar-refractivity contribution in [1.82, 2.24) is 19.9 Å². The molecule has 2 heterocycles. The quantitative estimate of drug-likeness (QED) is 0.503. The van der Waals surface area contributed by atoms with Gasteiger partial charge in [0.1, 0.15) is 15.8 Å². The van der Waals surface area contributed by atoms with Crippen molar-refractivity contribution in [2.75, 3.05) is 0 Å². The Morgan fingerprint density at radius 2 is 2.00 bits per heavy atom. The molecule has 0 atom stereocenters. The lowest BCUT2D eigenvalue weighted by molar-refractivity contribution is 1.05. The first-order valence-electron chi connectivity index (χ1n) is 3.38. The molecule has 0 saturated carbocycles. The molecule has 0 aliphatic heterocycles. The molecule has 0 radical (unpaired) electrons. The van der Waals surface area contributed by atoms with E-state index in [-0.39, 0.29) is 15.8 Å². The Balaban J connectivity index is 3.12. The molecular weight excluding hydrogens is 192 g/mol. The van der Waals surface area contributed by atoms with Gasteiger partial charge in [-0.2, -0.15) is 0 Å². The SMILES string of the molecule is O=c1cnc2c(=S)[nH]c(=O)[nH]c2[nH]1. The average molecular weight is 196 g/mol. The highest BCUT2D eigenvalue weighted by atomic mass is 32.1. The van der Waals surface area contributed by atoms with Crippen LogP contribution in [0.15, 0.2) is 15.8 Å². The fraction of sp³-hybridized carbons (Fsp3) is 0. The third-order valence-electron chi connectivity index (χ3n) is 1.48. The smallest absolute Gasteiger partial charge is 0.305 e. The summed E-state index contributed by atoms with van der Waals surface area (Å²) in [5.74, 6) is 0. The van der Waals surface area contributed by atoms with Gasteiger partial charge in [0.25, 0.3) is 5.56 Å². The van der Waals surface area contributed by atoms with E-state index in [2.05, 4.69) is 19.9 Å². The maximum atomic E-state index is 10.9. The highest BCUT2D eigenvalue weighted by Gasteiger charge is 1.98. The molecule has 2 aromatic heterocycles. The molecule has 13 heavy (non-hydrogen) atoms. The average Bonchev–Trinajstić information content (AvgIpc) is 2.02. The molecule has 0 fully saturated rings. The Bertz CT molecular complexity index is 617. The van der Waals surface area contributed by atoms with Gasteiger partial charge in [0, 0.05) is 0 Å². The summed E-state index contributed by atoms with van der Waals surface area (Å²) in [5, 5.41) is 0. The van der Waals surface area contributed by atoms with Gasteiger partial charge in [-0.3, -0.25) is 14.8 Å². The first-order valence-corrected chi connectivity index (χ1v) is 3.79. The van der Waals surface area contributed by atoms with Crippen LogP contribution in [0.5, 0.6) is 0 Å². The lowest BCUT2D eigenvalue weighted by atomic mass is 10.5. The first-order chi connectivity index (χ1) is 6.16. The molecule has 0 bridgehead atoms. The highest BCUT2D eigenvalue weighted by molar-refractivity contribution is 7.71. The molecule has 2 rings (SSSR count). The van der Waals surface area contributed by atoms with E-state index >= 15 is 0 Å². The minimum atomic E-state index is -0.471. The van der Waals surface area contributed by atoms with Gasteiger partial charge in [0.15, 0.2) is 0 Å². The summed E-state index contributed by atoms with van der Waals surface area (Å²) in [6, 6.07) is 0. The summed E-state index contributed by atoms with van der Waals surface area (Å²) in [6.45, 7) is 0. The molecule has 0 amide bonds. The standard InChI is InChI=1S/C6H4N4O2S/c11-2-1-7-3-4(8-2)9-6(12)10-5(3)13/h1H,(H3,8,9,10,11,12,13). The molecule has 7 heteroatoms. The van der Waals surface area contributed by atoms with Crippen molar-refractivity contribution < 1.29 is 0 Å². The summed E-state index contributed by atoms with van der Waals surface area (Å²) in [5.41, 5.74) is -0.250. The maximum absolute atomic E-state index is 10.9. The molecule has 0 saturated heterocycles. The van der Waals surface area contributed by atoms with Crippen molar-refractivity contribution in [2.24, 2.45) is 0 Å². The second kappa shape index (κ2) is 2.63. The maximum Gasteiger partial charge on any atom is 0.325 e. The van der Waals surface area contributed by atoms with E-state index in [1.54, 1.807) is 0 Å². The molecule has 6 nitrogen and oxygen atoms in total. The number of fused-ring (bicyclic) bond motifs is 1. The number of hydrogen-bond donors (Lipinski definition) is 3. The van der Waals surface area contributed by atoms with Crippen LogP contribution in [0.1, 0.15) is 0 Å². The van der Waals surface area contributed by atoms with E-state index in [9.17, 15) is 9.59 Å². The minimum absolute atomic E-state index is 0.204. The lowest BCUT2D eigenvalue weighted by Gasteiger charge is -1.93. The van der Waals surface area contributed by atoms with Crippen molar-refractivity contribution in [3.8, 4) is 0 Å². The molecule has 0 spiro atoms. The summed E-state index contributed by atoms with van der Waals surface area (Å²) in [6.07, 6.45) is 1.10. The Hall–Kier alpha value is -1.76. The number of H-pyrrole nitrogens is 3. The Morgan fingerprint density at radius 3 is 2.77 bits per heavy atom. The third-order valence-corrected chi connectivity index (χ3v) is 1.77. The van der Waals surface area contributed by atoms with Crippen molar-refractivity contribution in [1.29, 1.82) is 0 Å². The second-order valence-corrected chi connectivity index (χ2v) is 2.79. The Labute approximate surface area is 75.7 Å². The van der Waals surface area contributed by atoms with E-state index in [0.717, 1.165) is 6.20 Å². The summed E-state index contributed by atoms with van der Waals surface area (Å²) in [4.78, 5) is 32.6. The van der Waals surface area contributed by atoms with Gasteiger partial charge in [0.05, 0.1) is 6.20 Å². The molecule has 3 N–H and O–H groups in total. The van der Waals surface area contributed by atoms with Gasteiger partial charge in [-0.25, -0.2) is 9.78 Å². The largest absolute Gasteiger partial charge is 0.325 e. The van der Waals surface area contributed by atoms with Crippen LogP contribution >= 0.6 is 12.2 Å². The van der Waals surface area contributed by atoms with E-state index in [1.165, 1.54) is 0 Å².